The predicted molar refractivity (Wildman–Crippen MR) is 68.0 cm³/mol. The predicted octanol–water partition coefficient (Wildman–Crippen LogP) is 2.08. The number of hydrogen-bond donors (Lipinski definition) is 0. The molecule has 0 unspecified atom stereocenters. The molecule has 19 heavy (non-hydrogen) atoms. The summed E-state index contributed by atoms with van der Waals surface area (Å²) in [6.45, 7) is 3.71. The molecule has 2 rings (SSSR count). The number of rotatable bonds is 3. The van der Waals surface area contributed by atoms with Crippen molar-refractivity contribution in [3.63, 3.8) is 0 Å². The van der Waals surface area contributed by atoms with Gasteiger partial charge in [0.25, 0.3) is 0 Å². The zero-order valence-corrected chi connectivity index (χ0v) is 10.5. The van der Waals surface area contributed by atoms with Crippen LogP contribution in [0.4, 0.5) is 4.79 Å². The van der Waals surface area contributed by atoms with Gasteiger partial charge in [0, 0.05) is 0 Å². The lowest BCUT2D eigenvalue weighted by Crippen LogP contribution is -2.46. The van der Waals surface area contributed by atoms with Crippen LogP contribution in [0.2, 0.25) is 0 Å². The van der Waals surface area contributed by atoms with Gasteiger partial charge in [0.2, 0.25) is 0 Å². The van der Waals surface area contributed by atoms with Gasteiger partial charge >= 0.3 is 12.1 Å². The average Bonchev–Trinajstić information content (AvgIpc) is 2.45. The fourth-order valence-corrected chi connectivity index (χ4v) is 1.78. The van der Waals surface area contributed by atoms with Crippen LogP contribution in [-0.2, 0) is 20.9 Å². The Morgan fingerprint density at radius 3 is 2.89 bits per heavy atom. The van der Waals surface area contributed by atoms with Crippen molar-refractivity contribution in [2.45, 2.75) is 19.1 Å². The highest BCUT2D eigenvalue weighted by atomic mass is 16.6. The molecule has 0 bridgehead atoms. The number of carbonyl (C=O) groups excluding carboxylic acids is 2. The van der Waals surface area contributed by atoms with Crippen LogP contribution in [0.1, 0.15) is 12.0 Å². The molecule has 1 aromatic carbocycles. The number of benzene rings is 1. The maximum absolute atomic E-state index is 11.9. The van der Waals surface area contributed by atoms with E-state index in [0.717, 1.165) is 5.56 Å². The number of cyclic esters (lactones) is 1. The maximum Gasteiger partial charge on any atom is 0.413 e. The summed E-state index contributed by atoms with van der Waals surface area (Å²) < 4.78 is 10.0. The maximum atomic E-state index is 11.9. The van der Waals surface area contributed by atoms with E-state index in [1.807, 2.05) is 30.3 Å². The summed E-state index contributed by atoms with van der Waals surface area (Å²) in [5.41, 5.74) is 0.903. The van der Waals surface area contributed by atoms with E-state index in [4.69, 9.17) is 9.47 Å². The van der Waals surface area contributed by atoms with Crippen molar-refractivity contribution in [1.82, 2.24) is 4.90 Å². The quantitative estimate of drug-likeness (QED) is 0.617. The molecule has 0 radical (unpaired) electrons. The average molecular weight is 261 g/mol. The summed E-state index contributed by atoms with van der Waals surface area (Å²) in [5.74, 6) is -0.336. The third-order valence-electron chi connectivity index (χ3n) is 2.85. The van der Waals surface area contributed by atoms with Crippen molar-refractivity contribution in [2.75, 3.05) is 6.73 Å². The summed E-state index contributed by atoms with van der Waals surface area (Å²) in [7, 11) is 0. The number of nitrogens with zero attached hydrogens (tertiary/aromatic N) is 1. The summed E-state index contributed by atoms with van der Waals surface area (Å²) in [6.07, 6.45) is 1.15. The number of ether oxygens (including phenoxy) is 2. The van der Waals surface area contributed by atoms with E-state index in [-0.39, 0.29) is 31.8 Å². The van der Waals surface area contributed by atoms with E-state index < -0.39 is 6.09 Å². The lowest BCUT2D eigenvalue weighted by atomic mass is 10.1. The van der Waals surface area contributed by atoms with Crippen molar-refractivity contribution >= 4 is 12.1 Å². The second kappa shape index (κ2) is 6.04. The van der Waals surface area contributed by atoms with Gasteiger partial charge in [-0.1, -0.05) is 36.4 Å². The molecule has 1 fully saturated rings. The minimum Gasteiger partial charge on any atom is -0.444 e. The van der Waals surface area contributed by atoms with Crippen molar-refractivity contribution < 1.29 is 19.1 Å². The van der Waals surface area contributed by atoms with Crippen molar-refractivity contribution in [1.29, 1.82) is 0 Å². The van der Waals surface area contributed by atoms with Gasteiger partial charge in [0.1, 0.15) is 6.61 Å². The molecule has 1 heterocycles. The van der Waals surface area contributed by atoms with Gasteiger partial charge in [-0.05, 0) is 5.56 Å². The van der Waals surface area contributed by atoms with Crippen molar-refractivity contribution in [3.05, 3.63) is 48.6 Å². The van der Waals surface area contributed by atoms with E-state index in [1.165, 1.54) is 4.90 Å². The van der Waals surface area contributed by atoms with Gasteiger partial charge in [0.05, 0.1) is 12.5 Å². The van der Waals surface area contributed by atoms with Gasteiger partial charge in [-0.15, -0.1) is 6.58 Å². The van der Waals surface area contributed by atoms with Gasteiger partial charge in [-0.25, -0.2) is 4.79 Å². The summed E-state index contributed by atoms with van der Waals surface area (Å²) in [5, 5.41) is 0. The summed E-state index contributed by atoms with van der Waals surface area (Å²) >= 11 is 0. The Balaban J connectivity index is 1.92. The van der Waals surface area contributed by atoms with Crippen LogP contribution in [0, 0.1) is 0 Å². The minimum atomic E-state index is -0.513. The van der Waals surface area contributed by atoms with Crippen LogP contribution in [-0.4, -0.2) is 29.7 Å². The molecular formula is C14H15NO4. The Morgan fingerprint density at radius 2 is 2.21 bits per heavy atom. The molecule has 1 aliphatic rings. The molecule has 5 heteroatoms. The van der Waals surface area contributed by atoms with Crippen molar-refractivity contribution in [2.24, 2.45) is 0 Å². The first kappa shape index (κ1) is 13.1. The Kier molecular flexibility index (Phi) is 4.18. The Hall–Kier alpha value is -2.30. The Morgan fingerprint density at radius 1 is 1.47 bits per heavy atom. The van der Waals surface area contributed by atoms with Gasteiger partial charge < -0.3 is 9.47 Å². The first-order valence-corrected chi connectivity index (χ1v) is 5.96. The smallest absolute Gasteiger partial charge is 0.413 e. The lowest BCUT2D eigenvalue weighted by molar-refractivity contribution is -0.155. The van der Waals surface area contributed by atoms with Gasteiger partial charge in [-0.3, -0.25) is 9.69 Å². The third kappa shape index (κ3) is 3.34. The topological polar surface area (TPSA) is 55.8 Å². The summed E-state index contributed by atoms with van der Waals surface area (Å²) in [6, 6.07) is 9.01. The van der Waals surface area contributed by atoms with Crippen LogP contribution in [0.15, 0.2) is 43.0 Å². The molecule has 1 saturated heterocycles. The van der Waals surface area contributed by atoms with E-state index in [2.05, 4.69) is 6.58 Å². The molecule has 1 atom stereocenters. The molecule has 0 aliphatic carbocycles. The highest BCUT2D eigenvalue weighted by Gasteiger charge is 2.30. The first-order valence-electron chi connectivity index (χ1n) is 5.96. The zero-order chi connectivity index (χ0) is 13.7. The van der Waals surface area contributed by atoms with E-state index >= 15 is 0 Å². The van der Waals surface area contributed by atoms with E-state index in [9.17, 15) is 9.59 Å². The Bertz CT molecular complexity index is 472. The lowest BCUT2D eigenvalue weighted by Gasteiger charge is -2.31. The zero-order valence-electron chi connectivity index (χ0n) is 10.5. The molecular weight excluding hydrogens is 246 g/mol. The Labute approximate surface area is 111 Å². The second-order valence-corrected chi connectivity index (χ2v) is 4.16. The van der Waals surface area contributed by atoms with Crippen LogP contribution < -0.4 is 0 Å². The molecule has 0 N–H and O–H groups in total. The SMILES string of the molecule is C=C[C@@H]1CC(=O)OCN1C(=O)OCc1ccccc1. The largest absolute Gasteiger partial charge is 0.444 e. The second-order valence-electron chi connectivity index (χ2n) is 4.16. The molecule has 0 aromatic heterocycles. The fraction of sp³-hybridized carbons (Fsp3) is 0.286. The molecule has 1 aliphatic heterocycles. The van der Waals surface area contributed by atoms with Crippen LogP contribution >= 0.6 is 0 Å². The number of amides is 1. The van der Waals surface area contributed by atoms with Crippen LogP contribution in [0.25, 0.3) is 0 Å². The fourth-order valence-electron chi connectivity index (χ4n) is 1.78. The van der Waals surface area contributed by atoms with Crippen molar-refractivity contribution in [3.8, 4) is 0 Å². The van der Waals surface area contributed by atoms with Crippen LogP contribution in [0.5, 0.6) is 0 Å². The van der Waals surface area contributed by atoms with Gasteiger partial charge in [0.15, 0.2) is 6.73 Å². The minimum absolute atomic E-state index is 0.0941. The standard InChI is InChI=1S/C14H15NO4/c1-2-12-8-13(16)19-10-15(12)14(17)18-9-11-6-4-3-5-7-11/h2-7,12H,1,8-10H2/t12-/m1/s1. The molecule has 1 amide bonds. The molecule has 0 saturated carbocycles. The van der Waals surface area contributed by atoms with E-state index in [0.29, 0.717) is 0 Å². The van der Waals surface area contributed by atoms with E-state index in [1.54, 1.807) is 6.08 Å². The highest BCUT2D eigenvalue weighted by molar-refractivity contribution is 5.75. The third-order valence-corrected chi connectivity index (χ3v) is 2.85. The monoisotopic (exact) mass is 261 g/mol. The highest BCUT2D eigenvalue weighted by Crippen LogP contribution is 2.15. The van der Waals surface area contributed by atoms with Gasteiger partial charge in [-0.2, -0.15) is 0 Å². The summed E-state index contributed by atoms with van der Waals surface area (Å²) in [4.78, 5) is 24.4. The normalized spacial score (nSPS) is 18.6. The van der Waals surface area contributed by atoms with Crippen LogP contribution in [0.3, 0.4) is 0 Å². The molecule has 1 aromatic rings. The molecule has 0 spiro atoms. The number of esters is 1. The number of carbonyl (C=O) groups is 2. The number of hydrogen-bond acceptors (Lipinski definition) is 4. The molecule has 100 valence electrons. The first-order chi connectivity index (χ1) is 9.20. The molecule has 5 nitrogen and oxygen atoms in total.